The number of ether oxygens (including phenoxy) is 1. The number of nitrogens with zero attached hydrogens (tertiary/aromatic N) is 2. The predicted octanol–water partition coefficient (Wildman–Crippen LogP) is 2.66. The van der Waals surface area contributed by atoms with Crippen LogP contribution in [0.1, 0.15) is 11.3 Å². The second kappa shape index (κ2) is 6.16. The Morgan fingerprint density at radius 3 is 2.78 bits per heavy atom. The van der Waals surface area contributed by atoms with E-state index < -0.39 is 0 Å². The Bertz CT molecular complexity index is 544. The smallest absolute Gasteiger partial charge is 0.281 e. The molecule has 0 unspecified atom stereocenters. The van der Waals surface area contributed by atoms with Crippen LogP contribution in [0.3, 0.4) is 0 Å². The number of aromatic nitrogens is 2. The fourth-order valence-electron chi connectivity index (χ4n) is 1.38. The van der Waals surface area contributed by atoms with E-state index in [4.69, 9.17) is 4.74 Å². The summed E-state index contributed by atoms with van der Waals surface area (Å²) in [7, 11) is 0. The van der Waals surface area contributed by atoms with Crippen LogP contribution < -0.4 is 9.47 Å². The van der Waals surface area contributed by atoms with Crippen molar-refractivity contribution >= 4 is 22.0 Å². The summed E-state index contributed by atoms with van der Waals surface area (Å²) in [5, 5.41) is 11.6. The fourth-order valence-corrected chi connectivity index (χ4v) is 1.65. The van der Waals surface area contributed by atoms with Crippen molar-refractivity contribution < 1.29 is 9.47 Å². The molecule has 1 aromatic carbocycles. The zero-order valence-corrected chi connectivity index (χ0v) is 11.1. The first-order chi connectivity index (χ1) is 8.79. The average Bonchev–Trinajstić information content (AvgIpc) is 2.41. The summed E-state index contributed by atoms with van der Waals surface area (Å²) in [6, 6.07) is 9.71. The molecule has 0 fully saturated rings. The average molecular weight is 307 g/mol. The maximum Gasteiger partial charge on any atom is 0.281 e. The van der Waals surface area contributed by atoms with Crippen molar-refractivity contribution in [3.63, 3.8) is 0 Å². The van der Waals surface area contributed by atoms with Gasteiger partial charge in [0.2, 0.25) is 11.9 Å². The third-order valence-corrected chi connectivity index (χ3v) is 2.53. The second-order valence-corrected chi connectivity index (χ2v) is 4.07. The van der Waals surface area contributed by atoms with Gasteiger partial charge in [-0.15, -0.1) is 0 Å². The van der Waals surface area contributed by atoms with E-state index >= 15 is 0 Å². The Morgan fingerprint density at radius 2 is 2.11 bits per heavy atom. The molecule has 0 saturated heterocycles. The Labute approximate surface area is 113 Å². The molecule has 1 heterocycles. The number of halogens is 1. The van der Waals surface area contributed by atoms with Crippen LogP contribution >= 0.6 is 15.9 Å². The highest BCUT2D eigenvalue weighted by Gasteiger charge is 2.06. The Kier molecular flexibility index (Phi) is 4.30. The quantitative estimate of drug-likeness (QED) is 0.644. The molecule has 4 nitrogen and oxygen atoms in total. The van der Waals surface area contributed by atoms with E-state index in [1.54, 1.807) is 11.1 Å². The lowest BCUT2D eigenvalue weighted by Gasteiger charge is -2.05. The van der Waals surface area contributed by atoms with E-state index in [0.29, 0.717) is 22.9 Å². The maximum atomic E-state index is 11.6. The van der Waals surface area contributed by atoms with Crippen molar-refractivity contribution in [2.24, 2.45) is 0 Å². The van der Waals surface area contributed by atoms with Crippen LogP contribution in [0.5, 0.6) is 5.88 Å². The van der Waals surface area contributed by atoms with Gasteiger partial charge >= 0.3 is 0 Å². The molecule has 0 aliphatic rings. The van der Waals surface area contributed by atoms with Gasteiger partial charge in [-0.3, -0.25) is 0 Å². The molecule has 0 N–H and O–H groups in total. The van der Waals surface area contributed by atoms with Crippen molar-refractivity contribution in [1.29, 1.82) is 0 Å². The minimum Gasteiger partial charge on any atom is -0.618 e. The summed E-state index contributed by atoms with van der Waals surface area (Å²) in [5.41, 5.74) is 1.47. The van der Waals surface area contributed by atoms with Crippen LogP contribution in [0.2, 0.25) is 0 Å². The highest BCUT2D eigenvalue weighted by atomic mass is 79.9. The summed E-state index contributed by atoms with van der Waals surface area (Å²) in [6.45, 7) is 0.390. The zero-order chi connectivity index (χ0) is 12.8. The molecule has 0 bridgehead atoms. The Balaban J connectivity index is 2.04. The number of hydrogen-bond donors (Lipinski definition) is 0. The minimum atomic E-state index is 0.306. The molecule has 1 aromatic heterocycles. The molecule has 2 rings (SSSR count). The van der Waals surface area contributed by atoms with E-state index in [-0.39, 0.29) is 0 Å². The van der Waals surface area contributed by atoms with Gasteiger partial charge in [0.15, 0.2) is 0 Å². The van der Waals surface area contributed by atoms with Crippen molar-refractivity contribution in [3.05, 3.63) is 64.2 Å². The summed E-state index contributed by atoms with van der Waals surface area (Å²) in [4.78, 5) is 5.66. The zero-order valence-electron chi connectivity index (χ0n) is 9.49. The molecule has 5 heteroatoms. The monoisotopic (exact) mass is 306 g/mol. The largest absolute Gasteiger partial charge is 0.618 e. The molecule has 0 spiro atoms. The van der Waals surface area contributed by atoms with Crippen molar-refractivity contribution in [2.45, 2.75) is 6.61 Å². The van der Waals surface area contributed by atoms with E-state index in [9.17, 15) is 5.21 Å². The Morgan fingerprint density at radius 1 is 1.33 bits per heavy atom. The summed E-state index contributed by atoms with van der Waals surface area (Å²) < 4.78 is 6.15. The van der Waals surface area contributed by atoms with Gasteiger partial charge in [-0.05, 0) is 10.5 Å². The summed E-state index contributed by atoms with van der Waals surface area (Å²) in [6.07, 6.45) is 4.39. The van der Waals surface area contributed by atoms with Crippen molar-refractivity contribution in [1.82, 2.24) is 4.98 Å². The van der Waals surface area contributed by atoms with Gasteiger partial charge in [-0.25, -0.2) is 4.98 Å². The van der Waals surface area contributed by atoms with Gasteiger partial charge in [0.1, 0.15) is 12.8 Å². The molecule has 0 aliphatic heterocycles. The van der Waals surface area contributed by atoms with Gasteiger partial charge in [-0.2, -0.15) is 4.73 Å². The van der Waals surface area contributed by atoms with Crippen molar-refractivity contribution in [3.8, 4) is 5.88 Å². The van der Waals surface area contributed by atoms with Gasteiger partial charge in [0, 0.05) is 6.08 Å². The minimum absolute atomic E-state index is 0.306. The normalized spacial score (nSPS) is 10.7. The topological polar surface area (TPSA) is 49.1 Å². The van der Waals surface area contributed by atoms with Gasteiger partial charge in [0.05, 0.1) is 0 Å². The van der Waals surface area contributed by atoms with Crippen molar-refractivity contribution in [2.75, 3.05) is 0 Å². The lowest BCUT2D eigenvalue weighted by Crippen LogP contribution is -2.29. The predicted molar refractivity (Wildman–Crippen MR) is 71.9 cm³/mol. The summed E-state index contributed by atoms with van der Waals surface area (Å²) in [5.74, 6) is 0.306. The number of rotatable bonds is 4. The van der Waals surface area contributed by atoms with Crippen LogP contribution in [0, 0.1) is 5.21 Å². The molecule has 0 amide bonds. The van der Waals surface area contributed by atoms with Crippen LogP contribution in [0.15, 0.2) is 47.7 Å². The van der Waals surface area contributed by atoms with Crippen LogP contribution in [0.25, 0.3) is 6.08 Å². The number of hydrogen-bond acceptors (Lipinski definition) is 3. The molecule has 0 aliphatic carbocycles. The molecule has 18 heavy (non-hydrogen) atoms. The van der Waals surface area contributed by atoms with E-state index in [1.807, 2.05) is 30.3 Å². The second-order valence-electron chi connectivity index (χ2n) is 3.54. The first-order valence-corrected chi connectivity index (χ1v) is 6.24. The molecule has 0 atom stereocenters. The third-order valence-electron chi connectivity index (χ3n) is 2.27. The van der Waals surface area contributed by atoms with Crippen LogP contribution in [-0.2, 0) is 6.61 Å². The van der Waals surface area contributed by atoms with E-state index in [1.165, 1.54) is 12.4 Å². The lowest BCUT2D eigenvalue weighted by atomic mass is 10.2. The van der Waals surface area contributed by atoms with E-state index in [2.05, 4.69) is 20.9 Å². The highest BCUT2D eigenvalue weighted by molar-refractivity contribution is 9.11. The van der Waals surface area contributed by atoms with Gasteiger partial charge in [-0.1, -0.05) is 46.3 Å². The molecular formula is C13H11BrN2O2. The first kappa shape index (κ1) is 12.6. The van der Waals surface area contributed by atoms with Gasteiger partial charge < -0.3 is 9.94 Å². The Hall–Kier alpha value is -1.88. The van der Waals surface area contributed by atoms with E-state index in [0.717, 1.165) is 5.56 Å². The number of benzene rings is 1. The SMILES string of the molecule is [O-][n+]1cc(OCc2ccccc2)ncc1C=CBr. The third kappa shape index (κ3) is 3.30. The molecule has 0 saturated carbocycles. The van der Waals surface area contributed by atoms with Gasteiger partial charge in [0.25, 0.3) is 5.88 Å². The fraction of sp³-hybridized carbons (Fsp3) is 0.0769. The molecule has 2 aromatic rings. The molecule has 0 radical (unpaired) electrons. The van der Waals surface area contributed by atoms with Crippen LogP contribution in [-0.4, -0.2) is 4.98 Å². The first-order valence-electron chi connectivity index (χ1n) is 5.32. The maximum absolute atomic E-state index is 11.6. The molecular weight excluding hydrogens is 296 g/mol. The standard InChI is InChI=1S/C13H11BrN2O2/c14-7-6-12-8-15-13(9-16(12)17)18-10-11-4-2-1-3-5-11/h1-9H,10H2. The highest BCUT2D eigenvalue weighted by Crippen LogP contribution is 2.08. The lowest BCUT2D eigenvalue weighted by molar-refractivity contribution is -0.608. The van der Waals surface area contributed by atoms with Crippen LogP contribution in [0.4, 0.5) is 0 Å². The molecule has 92 valence electrons. The summed E-state index contributed by atoms with van der Waals surface area (Å²) >= 11 is 3.11.